The Labute approximate surface area is 99.3 Å². The molecule has 0 aliphatic carbocycles. The molecular formula is C11H15ClN2S. The van der Waals surface area contributed by atoms with Crippen molar-refractivity contribution in [3.63, 3.8) is 0 Å². The van der Waals surface area contributed by atoms with E-state index in [-0.39, 0.29) is 0 Å². The van der Waals surface area contributed by atoms with Crippen molar-refractivity contribution in [2.75, 3.05) is 19.6 Å². The van der Waals surface area contributed by atoms with Gasteiger partial charge in [-0.05, 0) is 24.6 Å². The summed E-state index contributed by atoms with van der Waals surface area (Å²) >= 11 is 7.50. The van der Waals surface area contributed by atoms with Crippen LogP contribution in [0.15, 0.2) is 23.3 Å². The Balaban J connectivity index is 1.75. The van der Waals surface area contributed by atoms with Crippen LogP contribution in [0.5, 0.6) is 0 Å². The van der Waals surface area contributed by atoms with Gasteiger partial charge < -0.3 is 10.6 Å². The molecule has 0 atom stereocenters. The first-order valence-electron chi connectivity index (χ1n) is 5.09. The summed E-state index contributed by atoms with van der Waals surface area (Å²) in [7, 11) is 0. The average Bonchev–Trinajstić information content (AvgIpc) is 2.48. The molecule has 1 aliphatic rings. The first-order valence-corrected chi connectivity index (χ1v) is 6.28. The van der Waals surface area contributed by atoms with Crippen LogP contribution >= 0.6 is 22.9 Å². The number of hydrogen-bond acceptors (Lipinski definition) is 3. The van der Waals surface area contributed by atoms with Crippen LogP contribution in [0, 0.1) is 0 Å². The Bertz CT molecular complexity index is 364. The van der Waals surface area contributed by atoms with E-state index in [9.17, 15) is 0 Å². The minimum Gasteiger partial charge on any atom is -0.309 e. The van der Waals surface area contributed by atoms with Gasteiger partial charge in [0.25, 0.3) is 0 Å². The van der Waals surface area contributed by atoms with Gasteiger partial charge in [0, 0.05) is 31.1 Å². The van der Waals surface area contributed by atoms with Crippen molar-refractivity contribution in [1.29, 1.82) is 0 Å². The van der Waals surface area contributed by atoms with Gasteiger partial charge in [0.15, 0.2) is 0 Å². The Morgan fingerprint density at radius 1 is 1.53 bits per heavy atom. The quantitative estimate of drug-likeness (QED) is 0.793. The Morgan fingerprint density at radius 2 is 2.33 bits per heavy atom. The molecule has 0 spiro atoms. The van der Waals surface area contributed by atoms with E-state index in [0.29, 0.717) is 0 Å². The molecule has 0 amide bonds. The fourth-order valence-corrected chi connectivity index (χ4v) is 2.55. The molecule has 2 rings (SSSR count). The zero-order chi connectivity index (χ0) is 10.7. The SMILES string of the molecule is CC(CNCc1ccc(Cl)s1)=C1CNC1. The third-order valence-electron chi connectivity index (χ3n) is 2.60. The van der Waals surface area contributed by atoms with Crippen LogP contribution in [0.1, 0.15) is 11.8 Å². The van der Waals surface area contributed by atoms with Gasteiger partial charge in [0.05, 0.1) is 4.34 Å². The molecular weight excluding hydrogens is 228 g/mol. The van der Waals surface area contributed by atoms with Gasteiger partial charge in [-0.1, -0.05) is 17.2 Å². The number of hydrogen-bond donors (Lipinski definition) is 2. The molecule has 15 heavy (non-hydrogen) atoms. The lowest BCUT2D eigenvalue weighted by molar-refractivity contribution is 0.641. The third-order valence-corrected chi connectivity index (χ3v) is 3.83. The predicted molar refractivity (Wildman–Crippen MR) is 66.6 cm³/mol. The smallest absolute Gasteiger partial charge is 0.0931 e. The second-order valence-corrected chi connectivity index (χ2v) is 5.60. The maximum Gasteiger partial charge on any atom is 0.0931 e. The van der Waals surface area contributed by atoms with E-state index < -0.39 is 0 Å². The molecule has 82 valence electrons. The molecule has 4 heteroatoms. The van der Waals surface area contributed by atoms with Crippen LogP contribution in [0.25, 0.3) is 0 Å². The fraction of sp³-hybridized carbons (Fsp3) is 0.455. The topological polar surface area (TPSA) is 24.1 Å². The maximum atomic E-state index is 5.86. The standard InChI is InChI=1S/C11H15ClN2S/c1-8(9-5-14-6-9)4-13-7-10-2-3-11(12)15-10/h2-3,13-14H,4-7H2,1H3. The molecule has 0 saturated carbocycles. The molecule has 0 radical (unpaired) electrons. The summed E-state index contributed by atoms with van der Waals surface area (Å²) < 4.78 is 0.866. The van der Waals surface area contributed by atoms with E-state index in [0.717, 1.165) is 30.5 Å². The van der Waals surface area contributed by atoms with Crippen molar-refractivity contribution in [3.8, 4) is 0 Å². The highest BCUT2D eigenvalue weighted by Gasteiger charge is 2.09. The summed E-state index contributed by atoms with van der Waals surface area (Å²) in [5.41, 5.74) is 3.02. The lowest BCUT2D eigenvalue weighted by Crippen LogP contribution is -2.36. The summed E-state index contributed by atoms with van der Waals surface area (Å²) in [4.78, 5) is 1.30. The normalized spacial score (nSPS) is 15.2. The van der Waals surface area contributed by atoms with Crippen LogP contribution in [-0.2, 0) is 6.54 Å². The van der Waals surface area contributed by atoms with E-state index in [1.807, 2.05) is 6.07 Å². The van der Waals surface area contributed by atoms with Crippen LogP contribution in [-0.4, -0.2) is 19.6 Å². The first-order chi connectivity index (χ1) is 7.25. The molecule has 0 bridgehead atoms. The van der Waals surface area contributed by atoms with Gasteiger partial charge >= 0.3 is 0 Å². The van der Waals surface area contributed by atoms with Gasteiger partial charge in [-0.2, -0.15) is 0 Å². The largest absolute Gasteiger partial charge is 0.309 e. The van der Waals surface area contributed by atoms with Crippen molar-refractivity contribution in [2.45, 2.75) is 13.5 Å². The fourth-order valence-electron chi connectivity index (χ4n) is 1.50. The molecule has 1 aromatic rings. The second-order valence-electron chi connectivity index (χ2n) is 3.80. The highest BCUT2D eigenvalue weighted by molar-refractivity contribution is 7.16. The molecule has 1 aliphatic heterocycles. The van der Waals surface area contributed by atoms with Crippen molar-refractivity contribution < 1.29 is 0 Å². The molecule has 1 saturated heterocycles. The van der Waals surface area contributed by atoms with Gasteiger partial charge in [0.2, 0.25) is 0 Å². The van der Waals surface area contributed by atoms with E-state index in [4.69, 9.17) is 11.6 Å². The lowest BCUT2D eigenvalue weighted by Gasteiger charge is -2.22. The number of rotatable bonds is 4. The van der Waals surface area contributed by atoms with Crippen molar-refractivity contribution in [1.82, 2.24) is 10.6 Å². The zero-order valence-electron chi connectivity index (χ0n) is 8.77. The molecule has 2 nitrogen and oxygen atoms in total. The highest BCUT2D eigenvalue weighted by Crippen LogP contribution is 2.21. The molecule has 2 heterocycles. The third kappa shape index (κ3) is 3.05. The van der Waals surface area contributed by atoms with Crippen LogP contribution in [0.3, 0.4) is 0 Å². The number of thiophene rings is 1. The average molecular weight is 243 g/mol. The molecule has 1 aromatic heterocycles. The van der Waals surface area contributed by atoms with E-state index in [1.165, 1.54) is 10.5 Å². The van der Waals surface area contributed by atoms with Gasteiger partial charge in [-0.3, -0.25) is 0 Å². The predicted octanol–water partition coefficient (Wildman–Crippen LogP) is 2.41. The van der Waals surface area contributed by atoms with E-state index in [1.54, 1.807) is 16.9 Å². The van der Waals surface area contributed by atoms with Crippen molar-refractivity contribution in [3.05, 3.63) is 32.5 Å². The number of nitrogens with one attached hydrogen (secondary N) is 2. The second kappa shape index (κ2) is 5.12. The van der Waals surface area contributed by atoms with Gasteiger partial charge in [-0.15, -0.1) is 11.3 Å². The Kier molecular flexibility index (Phi) is 3.81. The summed E-state index contributed by atoms with van der Waals surface area (Å²) in [6.45, 7) is 6.23. The Morgan fingerprint density at radius 3 is 2.87 bits per heavy atom. The molecule has 2 N–H and O–H groups in total. The van der Waals surface area contributed by atoms with Gasteiger partial charge in [-0.25, -0.2) is 0 Å². The van der Waals surface area contributed by atoms with E-state index >= 15 is 0 Å². The zero-order valence-corrected chi connectivity index (χ0v) is 10.3. The minimum absolute atomic E-state index is 0.866. The van der Waals surface area contributed by atoms with E-state index in [2.05, 4.69) is 23.6 Å². The first kappa shape index (κ1) is 11.1. The van der Waals surface area contributed by atoms with Crippen molar-refractivity contribution in [2.24, 2.45) is 0 Å². The summed E-state index contributed by atoms with van der Waals surface area (Å²) in [5.74, 6) is 0. The molecule has 1 fully saturated rings. The number of halogens is 1. The Hall–Kier alpha value is -0.350. The van der Waals surface area contributed by atoms with Gasteiger partial charge in [0.1, 0.15) is 0 Å². The monoisotopic (exact) mass is 242 g/mol. The lowest BCUT2D eigenvalue weighted by atomic mass is 10.0. The maximum absolute atomic E-state index is 5.86. The molecule has 0 unspecified atom stereocenters. The van der Waals surface area contributed by atoms with Crippen molar-refractivity contribution >= 4 is 22.9 Å². The van der Waals surface area contributed by atoms with Crippen LogP contribution < -0.4 is 10.6 Å². The van der Waals surface area contributed by atoms with Crippen LogP contribution in [0.4, 0.5) is 0 Å². The summed E-state index contributed by atoms with van der Waals surface area (Å²) in [5, 5.41) is 6.68. The minimum atomic E-state index is 0.866. The molecule has 0 aromatic carbocycles. The summed E-state index contributed by atoms with van der Waals surface area (Å²) in [6, 6.07) is 4.03. The van der Waals surface area contributed by atoms with Crippen LogP contribution in [0.2, 0.25) is 4.34 Å². The highest BCUT2D eigenvalue weighted by atomic mass is 35.5. The summed E-state index contributed by atoms with van der Waals surface area (Å²) in [6.07, 6.45) is 0.